The molecule has 0 saturated heterocycles. The zero-order valence-corrected chi connectivity index (χ0v) is 10.8. The van der Waals surface area contributed by atoms with Gasteiger partial charge in [-0.25, -0.2) is 4.68 Å². The maximum absolute atomic E-state index is 4.58. The van der Waals surface area contributed by atoms with Gasteiger partial charge in [-0.2, -0.15) is 5.10 Å². The Morgan fingerprint density at radius 2 is 2.06 bits per heavy atom. The lowest BCUT2D eigenvalue weighted by atomic mass is 10.1. The van der Waals surface area contributed by atoms with Gasteiger partial charge in [0, 0.05) is 18.0 Å². The summed E-state index contributed by atoms with van der Waals surface area (Å²) >= 11 is 0. The summed E-state index contributed by atoms with van der Waals surface area (Å²) in [5.74, 6) is 0.710. The van der Waals surface area contributed by atoms with Gasteiger partial charge in [-0.05, 0) is 31.5 Å². The lowest BCUT2D eigenvalue weighted by Gasteiger charge is -2.09. The molecule has 3 rings (SSSR count). The second-order valence-corrected chi connectivity index (χ2v) is 4.86. The highest BCUT2D eigenvalue weighted by Crippen LogP contribution is 2.42. The lowest BCUT2D eigenvalue weighted by molar-refractivity contribution is 0.714. The summed E-state index contributed by atoms with van der Waals surface area (Å²) in [4.78, 5) is 0. The molecule has 0 spiro atoms. The third-order valence-electron chi connectivity index (χ3n) is 3.42. The fourth-order valence-corrected chi connectivity index (χ4v) is 2.35. The van der Waals surface area contributed by atoms with Crippen molar-refractivity contribution in [2.45, 2.75) is 32.2 Å². The summed E-state index contributed by atoms with van der Waals surface area (Å²) in [7, 11) is 0. The SMILES string of the molecule is CCNCc1cnn(-c2ccccc2)c1C1CC1. The third kappa shape index (κ3) is 2.18. The molecule has 1 aliphatic carbocycles. The zero-order valence-electron chi connectivity index (χ0n) is 10.8. The number of hydrogen-bond acceptors (Lipinski definition) is 2. The molecule has 3 nitrogen and oxygen atoms in total. The number of aromatic nitrogens is 2. The zero-order chi connectivity index (χ0) is 12.4. The molecule has 2 aromatic rings. The van der Waals surface area contributed by atoms with Crippen molar-refractivity contribution in [2.75, 3.05) is 6.54 Å². The summed E-state index contributed by atoms with van der Waals surface area (Å²) in [6.07, 6.45) is 4.62. The van der Waals surface area contributed by atoms with E-state index >= 15 is 0 Å². The second kappa shape index (κ2) is 4.94. The molecule has 94 valence electrons. The van der Waals surface area contributed by atoms with Crippen LogP contribution in [0.4, 0.5) is 0 Å². The molecule has 1 fully saturated rings. The number of rotatable bonds is 5. The first-order valence-corrected chi connectivity index (χ1v) is 6.73. The molecule has 0 bridgehead atoms. The number of hydrogen-bond donors (Lipinski definition) is 1. The summed E-state index contributed by atoms with van der Waals surface area (Å²) in [6.45, 7) is 4.06. The van der Waals surface area contributed by atoms with Gasteiger partial charge in [0.1, 0.15) is 0 Å². The lowest BCUT2D eigenvalue weighted by Crippen LogP contribution is -2.13. The van der Waals surface area contributed by atoms with Crippen molar-refractivity contribution in [3.05, 3.63) is 47.8 Å². The van der Waals surface area contributed by atoms with E-state index in [1.807, 2.05) is 12.3 Å². The van der Waals surface area contributed by atoms with Crippen molar-refractivity contribution in [1.82, 2.24) is 15.1 Å². The van der Waals surface area contributed by atoms with Gasteiger partial charge < -0.3 is 5.32 Å². The molecule has 3 heteroatoms. The predicted octanol–water partition coefficient (Wildman–Crippen LogP) is 2.86. The van der Waals surface area contributed by atoms with E-state index in [-0.39, 0.29) is 0 Å². The molecule has 1 N–H and O–H groups in total. The van der Waals surface area contributed by atoms with Gasteiger partial charge in [0.15, 0.2) is 0 Å². The Morgan fingerprint density at radius 1 is 1.28 bits per heavy atom. The van der Waals surface area contributed by atoms with Crippen LogP contribution in [-0.2, 0) is 6.54 Å². The Morgan fingerprint density at radius 3 is 2.72 bits per heavy atom. The maximum atomic E-state index is 4.58. The van der Waals surface area contributed by atoms with E-state index in [0.29, 0.717) is 5.92 Å². The van der Waals surface area contributed by atoms with Crippen LogP contribution >= 0.6 is 0 Å². The molecule has 0 atom stereocenters. The molecular formula is C15H19N3. The number of para-hydroxylation sites is 1. The van der Waals surface area contributed by atoms with E-state index < -0.39 is 0 Å². The van der Waals surface area contributed by atoms with Crippen LogP contribution in [0.2, 0.25) is 0 Å². The van der Waals surface area contributed by atoms with Crippen LogP contribution in [0.25, 0.3) is 5.69 Å². The average molecular weight is 241 g/mol. The number of nitrogens with zero attached hydrogens (tertiary/aromatic N) is 2. The van der Waals surface area contributed by atoms with Crippen molar-refractivity contribution in [1.29, 1.82) is 0 Å². The molecule has 1 aliphatic rings. The van der Waals surface area contributed by atoms with Gasteiger partial charge in [-0.3, -0.25) is 0 Å². The van der Waals surface area contributed by atoms with Crippen molar-refractivity contribution in [3.63, 3.8) is 0 Å². The largest absolute Gasteiger partial charge is 0.313 e. The van der Waals surface area contributed by atoms with Crippen LogP contribution in [0.1, 0.15) is 36.9 Å². The molecule has 0 aliphatic heterocycles. The summed E-state index contributed by atoms with van der Waals surface area (Å²) < 4.78 is 2.12. The highest BCUT2D eigenvalue weighted by molar-refractivity contribution is 5.37. The van der Waals surface area contributed by atoms with Crippen molar-refractivity contribution >= 4 is 0 Å². The van der Waals surface area contributed by atoms with E-state index in [0.717, 1.165) is 13.1 Å². The Bertz CT molecular complexity index is 512. The topological polar surface area (TPSA) is 29.9 Å². The van der Waals surface area contributed by atoms with E-state index in [1.165, 1.54) is 29.8 Å². The molecule has 0 amide bonds. The van der Waals surface area contributed by atoms with Gasteiger partial charge in [0.2, 0.25) is 0 Å². The molecule has 1 heterocycles. The van der Waals surface area contributed by atoms with Gasteiger partial charge in [0.25, 0.3) is 0 Å². The van der Waals surface area contributed by atoms with E-state index in [9.17, 15) is 0 Å². The molecule has 1 aromatic heterocycles. The fraction of sp³-hybridized carbons (Fsp3) is 0.400. The minimum absolute atomic E-state index is 0.710. The van der Waals surface area contributed by atoms with Gasteiger partial charge >= 0.3 is 0 Å². The Kier molecular flexibility index (Phi) is 3.15. The quantitative estimate of drug-likeness (QED) is 0.872. The van der Waals surface area contributed by atoms with Crippen LogP contribution in [-0.4, -0.2) is 16.3 Å². The Balaban J connectivity index is 1.97. The van der Waals surface area contributed by atoms with Crippen LogP contribution in [0.5, 0.6) is 0 Å². The fourth-order valence-electron chi connectivity index (χ4n) is 2.35. The highest BCUT2D eigenvalue weighted by Gasteiger charge is 2.30. The van der Waals surface area contributed by atoms with E-state index in [2.05, 4.69) is 46.3 Å². The highest BCUT2D eigenvalue weighted by atomic mass is 15.3. The molecular weight excluding hydrogens is 222 g/mol. The van der Waals surface area contributed by atoms with Crippen LogP contribution in [0.3, 0.4) is 0 Å². The minimum atomic E-state index is 0.710. The summed E-state index contributed by atoms with van der Waals surface area (Å²) in [5, 5.41) is 7.98. The smallest absolute Gasteiger partial charge is 0.0649 e. The van der Waals surface area contributed by atoms with Crippen molar-refractivity contribution in [3.8, 4) is 5.69 Å². The van der Waals surface area contributed by atoms with Gasteiger partial charge in [-0.15, -0.1) is 0 Å². The second-order valence-electron chi connectivity index (χ2n) is 4.86. The molecule has 0 radical (unpaired) electrons. The first kappa shape index (κ1) is 11.5. The van der Waals surface area contributed by atoms with Crippen LogP contribution in [0, 0.1) is 0 Å². The molecule has 0 unspecified atom stereocenters. The molecule has 1 saturated carbocycles. The average Bonchev–Trinajstić information content (AvgIpc) is 3.17. The van der Waals surface area contributed by atoms with E-state index in [1.54, 1.807) is 0 Å². The van der Waals surface area contributed by atoms with E-state index in [4.69, 9.17) is 0 Å². The first-order chi connectivity index (χ1) is 8.90. The normalized spacial score (nSPS) is 14.9. The molecule has 1 aromatic carbocycles. The summed E-state index contributed by atoms with van der Waals surface area (Å²) in [5.41, 5.74) is 3.92. The maximum Gasteiger partial charge on any atom is 0.0649 e. The van der Waals surface area contributed by atoms with Crippen LogP contribution < -0.4 is 5.32 Å². The van der Waals surface area contributed by atoms with Crippen LogP contribution in [0.15, 0.2) is 36.5 Å². The third-order valence-corrected chi connectivity index (χ3v) is 3.42. The van der Waals surface area contributed by atoms with Crippen molar-refractivity contribution < 1.29 is 0 Å². The van der Waals surface area contributed by atoms with Gasteiger partial charge in [-0.1, -0.05) is 25.1 Å². The molecule has 18 heavy (non-hydrogen) atoms. The summed E-state index contributed by atoms with van der Waals surface area (Å²) in [6, 6.07) is 10.4. The predicted molar refractivity (Wildman–Crippen MR) is 72.9 cm³/mol. The monoisotopic (exact) mass is 241 g/mol. The Labute approximate surface area is 108 Å². The van der Waals surface area contributed by atoms with Gasteiger partial charge in [0.05, 0.1) is 17.6 Å². The number of benzene rings is 1. The Hall–Kier alpha value is -1.61. The standard InChI is InChI=1S/C15H19N3/c1-2-16-10-13-11-17-18(15(13)12-8-9-12)14-6-4-3-5-7-14/h3-7,11-12,16H,2,8-10H2,1H3. The van der Waals surface area contributed by atoms with Crippen molar-refractivity contribution in [2.24, 2.45) is 0 Å². The minimum Gasteiger partial charge on any atom is -0.313 e. The number of nitrogens with one attached hydrogen (secondary N) is 1. The first-order valence-electron chi connectivity index (χ1n) is 6.73.